The van der Waals surface area contributed by atoms with Crippen molar-refractivity contribution in [3.63, 3.8) is 0 Å². The van der Waals surface area contributed by atoms with Gasteiger partial charge in [0.25, 0.3) is 0 Å². The molecule has 0 saturated heterocycles. The average Bonchev–Trinajstić information content (AvgIpc) is 3.02. The Bertz CT molecular complexity index is 660. The minimum Gasteiger partial charge on any atom is -0.508 e. The summed E-state index contributed by atoms with van der Waals surface area (Å²) in [4.78, 5) is 0. The van der Waals surface area contributed by atoms with E-state index in [1.807, 2.05) is 0 Å². The van der Waals surface area contributed by atoms with E-state index in [0.717, 1.165) is 12.8 Å². The molecule has 1 rings (SSSR count). The van der Waals surface area contributed by atoms with Crippen LogP contribution >= 0.6 is 0 Å². The van der Waals surface area contributed by atoms with Crippen LogP contribution in [-0.4, -0.2) is 5.11 Å². The van der Waals surface area contributed by atoms with Gasteiger partial charge in [-0.05, 0) is 55.4 Å². The number of aryl methyl sites for hydroxylation is 3. The van der Waals surface area contributed by atoms with Gasteiger partial charge in [0.05, 0.1) is 0 Å². The lowest BCUT2D eigenvalue weighted by Gasteiger charge is -2.11. The Balaban J connectivity index is 1.94. The van der Waals surface area contributed by atoms with Crippen LogP contribution in [0.1, 0.15) is 236 Å². The Hall–Kier alpha value is -0.980. The van der Waals surface area contributed by atoms with Crippen molar-refractivity contribution in [2.24, 2.45) is 0 Å². The van der Waals surface area contributed by atoms with Gasteiger partial charge >= 0.3 is 0 Å². The van der Waals surface area contributed by atoms with Crippen molar-refractivity contribution >= 4 is 0 Å². The normalized spacial score (nSPS) is 11.5. The van der Waals surface area contributed by atoms with E-state index in [9.17, 15) is 5.11 Å². The molecule has 0 aromatic heterocycles. The largest absolute Gasteiger partial charge is 0.508 e. The highest BCUT2D eigenvalue weighted by Gasteiger charge is 2.07. The topological polar surface area (TPSA) is 20.2 Å². The van der Waals surface area contributed by atoms with Crippen molar-refractivity contribution < 1.29 is 5.11 Å². The van der Waals surface area contributed by atoms with E-state index < -0.39 is 0 Å². The third-order valence-corrected chi connectivity index (χ3v) is 10.1. The molecule has 0 aliphatic heterocycles. The van der Waals surface area contributed by atoms with E-state index in [-0.39, 0.29) is 0 Å². The zero-order valence-corrected chi connectivity index (χ0v) is 30.6. The Morgan fingerprint density at radius 2 is 0.591 bits per heavy atom. The maximum absolute atomic E-state index is 10.7. The zero-order chi connectivity index (χ0) is 31.8. The Labute approximate surface area is 278 Å². The Kier molecular flexibility index (Phi) is 29.8. The first-order valence-electron chi connectivity index (χ1n) is 20.5. The van der Waals surface area contributed by atoms with Crippen LogP contribution < -0.4 is 0 Å². The fraction of sp³-hybridized carbons (Fsp3) is 0.860. The predicted molar refractivity (Wildman–Crippen MR) is 199 cm³/mol. The molecule has 0 heterocycles. The molecule has 44 heavy (non-hydrogen) atoms. The standard InChI is InChI=1S/C43H80O/c1-4-6-8-10-12-14-16-18-20-22-24-26-28-30-32-34-36-41-39-43(44)42(38-40(41)3)37-35-33-31-29-27-25-23-21-19-17-15-13-11-9-7-5-2/h38-39,44H,4-37H2,1-3H3. The highest BCUT2D eigenvalue weighted by Crippen LogP contribution is 2.26. The van der Waals surface area contributed by atoms with Gasteiger partial charge in [-0.3, -0.25) is 0 Å². The van der Waals surface area contributed by atoms with Crippen molar-refractivity contribution in [1.29, 1.82) is 0 Å². The Morgan fingerprint density at radius 1 is 0.341 bits per heavy atom. The minimum atomic E-state index is 0.544. The van der Waals surface area contributed by atoms with Crippen LogP contribution in [-0.2, 0) is 12.8 Å². The van der Waals surface area contributed by atoms with Gasteiger partial charge in [0.15, 0.2) is 0 Å². The molecule has 0 aliphatic carbocycles. The summed E-state index contributed by atoms with van der Waals surface area (Å²) in [5.74, 6) is 0.544. The number of phenols is 1. The van der Waals surface area contributed by atoms with Crippen LogP contribution in [0, 0.1) is 6.92 Å². The maximum Gasteiger partial charge on any atom is 0.119 e. The third kappa shape index (κ3) is 25.2. The van der Waals surface area contributed by atoms with Gasteiger partial charge in [-0.2, -0.15) is 0 Å². The van der Waals surface area contributed by atoms with Crippen LogP contribution in [0.2, 0.25) is 0 Å². The molecule has 0 saturated carbocycles. The number of rotatable bonds is 34. The highest BCUT2D eigenvalue weighted by atomic mass is 16.3. The van der Waals surface area contributed by atoms with Crippen LogP contribution in [0.25, 0.3) is 0 Å². The molecular weight excluding hydrogens is 532 g/mol. The van der Waals surface area contributed by atoms with E-state index in [0.29, 0.717) is 5.75 Å². The highest BCUT2D eigenvalue weighted by molar-refractivity contribution is 5.41. The summed E-state index contributed by atoms with van der Waals surface area (Å²) in [6, 6.07) is 4.37. The van der Waals surface area contributed by atoms with Crippen molar-refractivity contribution in [1.82, 2.24) is 0 Å². The molecule has 1 aromatic carbocycles. The number of aromatic hydroxyl groups is 1. The van der Waals surface area contributed by atoms with Gasteiger partial charge in [-0.25, -0.2) is 0 Å². The molecule has 0 radical (unpaired) electrons. The van der Waals surface area contributed by atoms with Crippen LogP contribution in [0.15, 0.2) is 12.1 Å². The van der Waals surface area contributed by atoms with Crippen molar-refractivity contribution in [3.05, 3.63) is 28.8 Å². The predicted octanol–water partition coefficient (Wildman–Crippen LogP) is 15.3. The summed E-state index contributed by atoms with van der Waals surface area (Å²) in [5, 5.41) is 10.7. The molecule has 1 nitrogen and oxygen atoms in total. The molecule has 1 N–H and O–H groups in total. The smallest absolute Gasteiger partial charge is 0.119 e. The maximum atomic E-state index is 10.7. The van der Waals surface area contributed by atoms with Gasteiger partial charge < -0.3 is 5.11 Å². The van der Waals surface area contributed by atoms with Gasteiger partial charge in [0.2, 0.25) is 0 Å². The van der Waals surface area contributed by atoms with Crippen molar-refractivity contribution in [2.75, 3.05) is 0 Å². The summed E-state index contributed by atoms with van der Waals surface area (Å²) in [5.41, 5.74) is 3.92. The summed E-state index contributed by atoms with van der Waals surface area (Å²) >= 11 is 0. The molecule has 0 amide bonds. The monoisotopic (exact) mass is 613 g/mol. The number of unbranched alkanes of at least 4 members (excludes halogenated alkanes) is 30. The molecule has 0 unspecified atom stereocenters. The lowest BCUT2D eigenvalue weighted by Crippen LogP contribution is -1.95. The van der Waals surface area contributed by atoms with Crippen molar-refractivity contribution in [3.8, 4) is 5.75 Å². The first-order valence-corrected chi connectivity index (χ1v) is 20.5. The van der Waals surface area contributed by atoms with Gasteiger partial charge in [-0.1, -0.05) is 213 Å². The van der Waals surface area contributed by atoms with Crippen LogP contribution in [0.5, 0.6) is 5.75 Å². The van der Waals surface area contributed by atoms with E-state index >= 15 is 0 Å². The number of hydrogen-bond acceptors (Lipinski definition) is 1. The first-order chi connectivity index (χ1) is 21.7. The fourth-order valence-corrected chi connectivity index (χ4v) is 7.00. The molecule has 1 heteroatoms. The van der Waals surface area contributed by atoms with E-state index in [4.69, 9.17) is 0 Å². The molecule has 1 aromatic rings. The summed E-state index contributed by atoms with van der Waals surface area (Å²) in [7, 11) is 0. The number of benzene rings is 1. The second-order valence-electron chi connectivity index (χ2n) is 14.5. The minimum absolute atomic E-state index is 0.544. The van der Waals surface area contributed by atoms with Crippen LogP contribution in [0.4, 0.5) is 0 Å². The number of phenolic OH excluding ortho intramolecular Hbond substituents is 1. The molecule has 0 fully saturated rings. The Morgan fingerprint density at radius 3 is 0.886 bits per heavy atom. The van der Waals surface area contributed by atoms with Gasteiger partial charge in [0, 0.05) is 0 Å². The SMILES string of the molecule is CCCCCCCCCCCCCCCCCCc1cc(O)c(CCCCCCCCCCCCCCCCCC)cc1C. The summed E-state index contributed by atoms with van der Waals surface area (Å²) in [6.07, 6.45) is 47.3. The van der Waals surface area contributed by atoms with Crippen LogP contribution in [0.3, 0.4) is 0 Å². The molecule has 0 spiro atoms. The molecule has 258 valence electrons. The van der Waals surface area contributed by atoms with E-state index in [1.165, 1.54) is 222 Å². The lowest BCUT2D eigenvalue weighted by atomic mass is 9.96. The molecule has 0 aliphatic rings. The molecule has 0 bridgehead atoms. The first kappa shape index (κ1) is 41.0. The lowest BCUT2D eigenvalue weighted by molar-refractivity contribution is 0.464. The second kappa shape index (κ2) is 32.0. The van der Waals surface area contributed by atoms with Gasteiger partial charge in [0.1, 0.15) is 5.75 Å². The second-order valence-corrected chi connectivity index (χ2v) is 14.5. The summed E-state index contributed by atoms with van der Waals surface area (Å²) < 4.78 is 0. The average molecular weight is 613 g/mol. The molecule has 0 atom stereocenters. The van der Waals surface area contributed by atoms with E-state index in [1.54, 1.807) is 0 Å². The molecular formula is C43H80O. The summed E-state index contributed by atoms with van der Waals surface area (Å²) in [6.45, 7) is 6.85. The fourth-order valence-electron chi connectivity index (χ4n) is 7.00. The van der Waals surface area contributed by atoms with Gasteiger partial charge in [-0.15, -0.1) is 0 Å². The zero-order valence-electron chi connectivity index (χ0n) is 30.6. The van der Waals surface area contributed by atoms with E-state index in [2.05, 4.69) is 32.9 Å². The number of hydrogen-bond donors (Lipinski definition) is 1. The quantitative estimate of drug-likeness (QED) is 0.0768. The third-order valence-electron chi connectivity index (χ3n) is 10.1. The van der Waals surface area contributed by atoms with Crippen molar-refractivity contribution in [2.45, 2.75) is 239 Å².